The van der Waals surface area contributed by atoms with Gasteiger partial charge < -0.3 is 14.5 Å². The van der Waals surface area contributed by atoms with E-state index in [1.54, 1.807) is 36.4 Å². The fourth-order valence-electron chi connectivity index (χ4n) is 2.66. The van der Waals surface area contributed by atoms with Crippen LogP contribution in [0.4, 0.5) is 5.69 Å². The molecule has 0 aliphatic rings. The second kappa shape index (κ2) is 7.49. The van der Waals surface area contributed by atoms with Gasteiger partial charge in [0.2, 0.25) is 0 Å². The molecule has 1 N–H and O–H groups in total. The van der Waals surface area contributed by atoms with Crippen molar-refractivity contribution in [2.45, 2.75) is 32.9 Å². The summed E-state index contributed by atoms with van der Waals surface area (Å²) < 4.78 is 11.6. The number of anilines is 1. The summed E-state index contributed by atoms with van der Waals surface area (Å²) in [6.45, 7) is 4.94. The van der Waals surface area contributed by atoms with Gasteiger partial charge in [-0.05, 0) is 45.0 Å². The lowest BCUT2D eigenvalue weighted by Gasteiger charge is -2.17. The van der Waals surface area contributed by atoms with Gasteiger partial charge in [0.1, 0.15) is 6.04 Å². The molecule has 2 atom stereocenters. The Hall–Kier alpha value is -3.35. The van der Waals surface area contributed by atoms with E-state index in [1.807, 2.05) is 19.1 Å². The summed E-state index contributed by atoms with van der Waals surface area (Å²) >= 11 is 0. The smallest absolute Gasteiger partial charge is 0.420 e. The van der Waals surface area contributed by atoms with Crippen LogP contribution in [-0.4, -0.2) is 22.5 Å². The van der Waals surface area contributed by atoms with Crippen molar-refractivity contribution in [1.29, 1.82) is 0 Å². The van der Waals surface area contributed by atoms with Crippen LogP contribution in [0.1, 0.15) is 25.5 Å². The summed E-state index contributed by atoms with van der Waals surface area (Å²) in [4.78, 5) is 36.8. The molecule has 0 saturated heterocycles. The number of rotatable bonds is 5. The number of nitrogens with zero attached hydrogens (tertiary/aromatic N) is 1. The quantitative estimate of drug-likeness (QED) is 0.699. The number of hydrogen-bond donors (Lipinski definition) is 1. The largest absolute Gasteiger partial charge is 0.451 e. The van der Waals surface area contributed by atoms with Crippen LogP contribution in [0.3, 0.4) is 0 Å². The first-order chi connectivity index (χ1) is 12.9. The zero-order valence-corrected chi connectivity index (χ0v) is 15.3. The molecule has 0 bridgehead atoms. The third-order valence-corrected chi connectivity index (χ3v) is 4.23. The highest BCUT2D eigenvalue weighted by atomic mass is 16.5. The van der Waals surface area contributed by atoms with Crippen LogP contribution in [0.2, 0.25) is 0 Å². The van der Waals surface area contributed by atoms with Crippen LogP contribution in [0.15, 0.2) is 57.7 Å². The number of fused-ring (bicyclic) bond motifs is 1. The average Bonchev–Trinajstić information content (AvgIpc) is 2.98. The molecular formula is C20H20N2O5. The molecule has 2 aromatic carbocycles. The van der Waals surface area contributed by atoms with Crippen LogP contribution in [0.5, 0.6) is 0 Å². The van der Waals surface area contributed by atoms with E-state index in [1.165, 1.54) is 18.4 Å². The van der Waals surface area contributed by atoms with E-state index in [-0.39, 0.29) is 0 Å². The highest BCUT2D eigenvalue weighted by molar-refractivity contribution is 5.95. The Morgan fingerprint density at radius 1 is 1.07 bits per heavy atom. The van der Waals surface area contributed by atoms with Crippen molar-refractivity contribution >= 4 is 28.7 Å². The van der Waals surface area contributed by atoms with Gasteiger partial charge in [0.15, 0.2) is 11.7 Å². The molecule has 3 aromatic rings. The van der Waals surface area contributed by atoms with Crippen LogP contribution < -0.4 is 11.1 Å². The van der Waals surface area contributed by atoms with E-state index in [0.717, 1.165) is 5.56 Å². The van der Waals surface area contributed by atoms with Gasteiger partial charge in [-0.3, -0.25) is 9.36 Å². The number of carbonyl (C=O) groups is 2. The maximum absolute atomic E-state index is 12.4. The van der Waals surface area contributed by atoms with Crippen LogP contribution in [-0.2, 0) is 14.3 Å². The van der Waals surface area contributed by atoms with E-state index >= 15 is 0 Å². The number of para-hydroxylation sites is 2. The molecule has 1 aromatic heterocycles. The number of carbonyl (C=O) groups excluding carboxylic acids is 2. The molecule has 7 heteroatoms. The van der Waals surface area contributed by atoms with E-state index in [2.05, 4.69) is 5.32 Å². The highest BCUT2D eigenvalue weighted by Crippen LogP contribution is 2.18. The zero-order valence-electron chi connectivity index (χ0n) is 15.3. The molecule has 7 nitrogen and oxygen atoms in total. The van der Waals surface area contributed by atoms with Gasteiger partial charge in [0.25, 0.3) is 5.91 Å². The van der Waals surface area contributed by atoms with Gasteiger partial charge in [-0.25, -0.2) is 9.59 Å². The number of ether oxygens (including phenoxy) is 1. The summed E-state index contributed by atoms with van der Waals surface area (Å²) in [7, 11) is 0. The fraction of sp³-hybridized carbons (Fsp3) is 0.250. The summed E-state index contributed by atoms with van der Waals surface area (Å²) in [6, 6.07) is 13.1. The van der Waals surface area contributed by atoms with Gasteiger partial charge in [-0.15, -0.1) is 0 Å². The summed E-state index contributed by atoms with van der Waals surface area (Å²) in [6.07, 6.45) is -1.02. The van der Waals surface area contributed by atoms with Gasteiger partial charge in [-0.1, -0.05) is 29.8 Å². The first-order valence-corrected chi connectivity index (χ1v) is 8.55. The predicted molar refractivity (Wildman–Crippen MR) is 101 cm³/mol. The molecule has 1 amide bonds. The normalized spacial score (nSPS) is 13.1. The van der Waals surface area contributed by atoms with Crippen molar-refractivity contribution in [3.8, 4) is 0 Å². The number of hydrogen-bond acceptors (Lipinski definition) is 5. The minimum absolute atomic E-state index is 0.382. The predicted octanol–water partition coefficient (Wildman–Crippen LogP) is 3.03. The maximum Gasteiger partial charge on any atom is 0.420 e. The van der Waals surface area contributed by atoms with Crippen molar-refractivity contribution in [2.75, 3.05) is 5.32 Å². The highest BCUT2D eigenvalue weighted by Gasteiger charge is 2.26. The Bertz CT molecular complexity index is 1030. The van der Waals surface area contributed by atoms with Gasteiger partial charge in [0, 0.05) is 5.69 Å². The van der Waals surface area contributed by atoms with Gasteiger partial charge in [0.05, 0.1) is 5.52 Å². The molecule has 140 valence electrons. The van der Waals surface area contributed by atoms with Crippen LogP contribution >= 0.6 is 0 Å². The second-order valence-corrected chi connectivity index (χ2v) is 6.32. The van der Waals surface area contributed by atoms with Crippen molar-refractivity contribution in [2.24, 2.45) is 0 Å². The number of esters is 1. The lowest BCUT2D eigenvalue weighted by molar-refractivity contribution is -0.156. The third kappa shape index (κ3) is 3.92. The molecule has 0 saturated carbocycles. The number of oxazole rings is 1. The Kier molecular flexibility index (Phi) is 5.12. The monoisotopic (exact) mass is 368 g/mol. The maximum atomic E-state index is 12.4. The molecular weight excluding hydrogens is 348 g/mol. The Morgan fingerprint density at radius 2 is 1.74 bits per heavy atom. The van der Waals surface area contributed by atoms with Crippen molar-refractivity contribution in [1.82, 2.24) is 4.57 Å². The van der Waals surface area contributed by atoms with Crippen molar-refractivity contribution in [3.63, 3.8) is 0 Å². The van der Waals surface area contributed by atoms with Crippen molar-refractivity contribution < 1.29 is 18.7 Å². The van der Waals surface area contributed by atoms with E-state index < -0.39 is 29.8 Å². The first-order valence-electron chi connectivity index (χ1n) is 8.55. The number of benzene rings is 2. The van der Waals surface area contributed by atoms with Gasteiger partial charge in [-0.2, -0.15) is 0 Å². The minimum atomic E-state index is -1.02. The standard InChI is InChI=1S/C20H20N2O5/c1-12-8-10-15(11-9-12)21-18(23)14(3)26-19(24)13(2)22-16-6-4-5-7-17(16)27-20(22)25/h4-11,13-14H,1-3H3,(H,21,23)/t13-,14+/m0/s1. The summed E-state index contributed by atoms with van der Waals surface area (Å²) in [5.74, 6) is -1.81. The Labute approximate surface area is 155 Å². The summed E-state index contributed by atoms with van der Waals surface area (Å²) in [5.41, 5.74) is 2.55. The minimum Gasteiger partial charge on any atom is -0.451 e. The second-order valence-electron chi connectivity index (χ2n) is 6.32. The third-order valence-electron chi connectivity index (χ3n) is 4.23. The fourth-order valence-corrected chi connectivity index (χ4v) is 2.66. The number of amides is 1. The first kappa shape index (κ1) is 18.4. The summed E-state index contributed by atoms with van der Waals surface area (Å²) in [5, 5.41) is 2.69. The van der Waals surface area contributed by atoms with Crippen molar-refractivity contribution in [3.05, 3.63) is 64.6 Å². The molecule has 1 heterocycles. The number of aromatic nitrogens is 1. The molecule has 0 aliphatic carbocycles. The average molecular weight is 368 g/mol. The van der Waals surface area contributed by atoms with E-state index in [0.29, 0.717) is 16.8 Å². The number of aryl methyl sites for hydroxylation is 1. The molecule has 0 spiro atoms. The van der Waals surface area contributed by atoms with E-state index in [4.69, 9.17) is 9.15 Å². The molecule has 3 rings (SSSR count). The molecule has 0 fully saturated rings. The van der Waals surface area contributed by atoms with Gasteiger partial charge >= 0.3 is 11.7 Å². The molecule has 27 heavy (non-hydrogen) atoms. The topological polar surface area (TPSA) is 90.5 Å². The molecule has 0 aliphatic heterocycles. The lowest BCUT2D eigenvalue weighted by atomic mass is 10.2. The number of nitrogens with one attached hydrogen (secondary N) is 1. The zero-order chi connectivity index (χ0) is 19.6. The van der Waals surface area contributed by atoms with Crippen LogP contribution in [0.25, 0.3) is 11.1 Å². The SMILES string of the molecule is Cc1ccc(NC(=O)[C@@H](C)OC(=O)[C@H](C)n2c(=O)oc3ccccc32)cc1. The van der Waals surface area contributed by atoms with E-state index in [9.17, 15) is 14.4 Å². The van der Waals surface area contributed by atoms with Crippen LogP contribution in [0, 0.1) is 6.92 Å². The molecule has 0 unspecified atom stereocenters. The molecule has 0 radical (unpaired) electrons. The Balaban J connectivity index is 1.70. The lowest BCUT2D eigenvalue weighted by Crippen LogP contribution is -2.34. The Morgan fingerprint density at radius 3 is 2.44 bits per heavy atom.